The van der Waals surface area contributed by atoms with Gasteiger partial charge in [-0.2, -0.15) is 0 Å². The Morgan fingerprint density at radius 3 is 1.88 bits per heavy atom. The molecule has 0 aliphatic heterocycles. The zero-order valence-corrected chi connectivity index (χ0v) is 15.8. The van der Waals surface area contributed by atoms with Gasteiger partial charge in [-0.15, -0.1) is 0 Å². The van der Waals surface area contributed by atoms with Gasteiger partial charge in [0, 0.05) is 19.8 Å². The predicted octanol–water partition coefficient (Wildman–Crippen LogP) is 5.84. The minimum atomic E-state index is 0.940. The Labute approximate surface area is 154 Å². The second-order valence-electron chi connectivity index (χ2n) is 6.20. The number of nitrogens with one attached hydrogen (secondary N) is 1. The lowest BCUT2D eigenvalue weighted by atomic mass is 10.2. The average molecular weight is 342 g/mol. The Hall–Kier alpha value is -1.64. The topological polar surface area (TPSA) is 21.3 Å². The normalized spacial score (nSPS) is 10.1. The molecule has 2 rings (SSSR count). The van der Waals surface area contributed by atoms with Crippen molar-refractivity contribution < 1.29 is 4.74 Å². The fourth-order valence-corrected chi connectivity index (χ4v) is 2.37. The van der Waals surface area contributed by atoms with E-state index in [1.54, 1.807) is 0 Å². The molecule has 0 saturated carbocycles. The Morgan fingerprint density at radius 2 is 1.24 bits per heavy atom. The molecule has 0 bridgehead atoms. The molecule has 2 nitrogen and oxygen atoms in total. The first-order chi connectivity index (χ1) is 12.4. The monoisotopic (exact) mass is 341 g/mol. The summed E-state index contributed by atoms with van der Waals surface area (Å²) in [6.45, 7) is 6.19. The van der Waals surface area contributed by atoms with Crippen molar-refractivity contribution in [2.24, 2.45) is 0 Å². The maximum absolute atomic E-state index is 5.54. The molecule has 2 aromatic carbocycles. The highest BCUT2D eigenvalue weighted by molar-refractivity contribution is 5.14. The van der Waals surface area contributed by atoms with E-state index in [1.165, 1.54) is 44.1 Å². The summed E-state index contributed by atoms with van der Waals surface area (Å²) in [6.07, 6.45) is 7.50. The SMILES string of the molecule is CCCCOCCCCCCNCc1ccccc1.c1ccccc1. The van der Waals surface area contributed by atoms with E-state index in [9.17, 15) is 0 Å². The molecular weight excluding hydrogens is 306 g/mol. The van der Waals surface area contributed by atoms with E-state index >= 15 is 0 Å². The second kappa shape index (κ2) is 17.2. The highest BCUT2D eigenvalue weighted by Crippen LogP contribution is 2.01. The molecule has 2 aromatic rings. The molecule has 0 spiro atoms. The fourth-order valence-electron chi connectivity index (χ4n) is 2.37. The Morgan fingerprint density at radius 1 is 0.680 bits per heavy atom. The van der Waals surface area contributed by atoms with Gasteiger partial charge in [-0.1, -0.05) is 92.9 Å². The first-order valence-corrected chi connectivity index (χ1v) is 9.76. The van der Waals surface area contributed by atoms with Gasteiger partial charge in [0.1, 0.15) is 0 Å². The largest absolute Gasteiger partial charge is 0.381 e. The molecule has 0 aromatic heterocycles. The van der Waals surface area contributed by atoms with Gasteiger partial charge in [-0.05, 0) is 31.4 Å². The minimum Gasteiger partial charge on any atom is -0.381 e. The third-order valence-corrected chi connectivity index (χ3v) is 3.87. The van der Waals surface area contributed by atoms with Crippen molar-refractivity contribution in [3.05, 3.63) is 72.3 Å². The van der Waals surface area contributed by atoms with E-state index in [1.807, 2.05) is 36.4 Å². The van der Waals surface area contributed by atoms with Gasteiger partial charge in [0.25, 0.3) is 0 Å². The lowest BCUT2D eigenvalue weighted by Crippen LogP contribution is -2.14. The van der Waals surface area contributed by atoms with Crippen molar-refractivity contribution in [2.75, 3.05) is 19.8 Å². The summed E-state index contributed by atoms with van der Waals surface area (Å²) in [4.78, 5) is 0. The van der Waals surface area contributed by atoms with Crippen molar-refractivity contribution in [1.29, 1.82) is 0 Å². The van der Waals surface area contributed by atoms with Crippen LogP contribution in [0.3, 0.4) is 0 Å². The molecule has 0 heterocycles. The number of hydrogen-bond donors (Lipinski definition) is 1. The van der Waals surface area contributed by atoms with Gasteiger partial charge in [-0.25, -0.2) is 0 Å². The maximum Gasteiger partial charge on any atom is 0.0466 e. The summed E-state index contributed by atoms with van der Waals surface area (Å²) in [5.74, 6) is 0. The van der Waals surface area contributed by atoms with E-state index in [4.69, 9.17) is 4.74 Å². The van der Waals surface area contributed by atoms with Crippen molar-refractivity contribution in [3.63, 3.8) is 0 Å². The van der Waals surface area contributed by atoms with Crippen LogP contribution in [0.15, 0.2) is 66.7 Å². The molecule has 0 amide bonds. The molecule has 0 fully saturated rings. The molecule has 0 atom stereocenters. The number of hydrogen-bond acceptors (Lipinski definition) is 2. The molecule has 138 valence electrons. The van der Waals surface area contributed by atoms with Crippen LogP contribution in [-0.4, -0.2) is 19.8 Å². The molecule has 2 heteroatoms. The lowest BCUT2D eigenvalue weighted by molar-refractivity contribution is 0.127. The average Bonchev–Trinajstić information content (AvgIpc) is 2.69. The van der Waals surface area contributed by atoms with Crippen molar-refractivity contribution in [3.8, 4) is 0 Å². The van der Waals surface area contributed by atoms with E-state index in [2.05, 4.69) is 42.6 Å². The van der Waals surface area contributed by atoms with Gasteiger partial charge < -0.3 is 10.1 Å². The zero-order chi connectivity index (χ0) is 17.8. The van der Waals surface area contributed by atoms with Crippen molar-refractivity contribution in [1.82, 2.24) is 5.32 Å². The molecule has 0 unspecified atom stereocenters. The standard InChI is InChI=1S/C17H29NO.C6H6/c1-2-3-14-19-15-10-5-4-9-13-18-16-17-11-7-6-8-12-17;1-2-4-6-5-3-1/h6-8,11-12,18H,2-5,9-10,13-16H2,1H3;1-6H. The van der Waals surface area contributed by atoms with Crippen LogP contribution in [0.1, 0.15) is 51.0 Å². The zero-order valence-electron chi connectivity index (χ0n) is 15.8. The molecule has 0 saturated heterocycles. The highest BCUT2D eigenvalue weighted by Gasteiger charge is 1.93. The number of benzene rings is 2. The third-order valence-electron chi connectivity index (χ3n) is 3.87. The van der Waals surface area contributed by atoms with Gasteiger partial charge in [-0.3, -0.25) is 0 Å². The number of rotatable bonds is 12. The summed E-state index contributed by atoms with van der Waals surface area (Å²) in [6, 6.07) is 22.6. The van der Waals surface area contributed by atoms with Crippen LogP contribution >= 0.6 is 0 Å². The summed E-state index contributed by atoms with van der Waals surface area (Å²) in [7, 11) is 0. The van der Waals surface area contributed by atoms with Crippen LogP contribution in [0, 0.1) is 0 Å². The Balaban J connectivity index is 0.000000435. The molecular formula is C23H35NO. The number of ether oxygens (including phenoxy) is 1. The summed E-state index contributed by atoms with van der Waals surface area (Å²) < 4.78 is 5.54. The molecule has 0 aliphatic carbocycles. The van der Waals surface area contributed by atoms with Gasteiger partial charge >= 0.3 is 0 Å². The van der Waals surface area contributed by atoms with Crippen LogP contribution in [0.2, 0.25) is 0 Å². The summed E-state index contributed by atoms with van der Waals surface area (Å²) in [5.41, 5.74) is 1.37. The smallest absolute Gasteiger partial charge is 0.0466 e. The highest BCUT2D eigenvalue weighted by atomic mass is 16.5. The van der Waals surface area contributed by atoms with Crippen molar-refractivity contribution >= 4 is 0 Å². The Kier molecular flexibility index (Phi) is 14.7. The predicted molar refractivity (Wildman–Crippen MR) is 109 cm³/mol. The van der Waals surface area contributed by atoms with Crippen LogP contribution in [-0.2, 0) is 11.3 Å². The molecule has 0 radical (unpaired) electrons. The lowest BCUT2D eigenvalue weighted by Gasteiger charge is -2.05. The third kappa shape index (κ3) is 14.4. The summed E-state index contributed by atoms with van der Waals surface area (Å²) in [5, 5.41) is 3.49. The van der Waals surface area contributed by atoms with E-state index in [0.29, 0.717) is 0 Å². The van der Waals surface area contributed by atoms with Crippen LogP contribution in [0.5, 0.6) is 0 Å². The fraction of sp³-hybridized carbons (Fsp3) is 0.478. The minimum absolute atomic E-state index is 0.940. The van der Waals surface area contributed by atoms with Crippen LogP contribution < -0.4 is 5.32 Å². The first kappa shape index (κ1) is 21.4. The van der Waals surface area contributed by atoms with Gasteiger partial charge in [0.05, 0.1) is 0 Å². The summed E-state index contributed by atoms with van der Waals surface area (Å²) >= 11 is 0. The molecule has 0 aliphatic rings. The van der Waals surface area contributed by atoms with Crippen LogP contribution in [0.4, 0.5) is 0 Å². The Bertz CT molecular complexity index is 445. The quantitative estimate of drug-likeness (QED) is 0.490. The van der Waals surface area contributed by atoms with E-state index in [-0.39, 0.29) is 0 Å². The van der Waals surface area contributed by atoms with Gasteiger partial charge in [0.2, 0.25) is 0 Å². The molecule has 1 N–H and O–H groups in total. The van der Waals surface area contributed by atoms with Crippen LogP contribution in [0.25, 0.3) is 0 Å². The van der Waals surface area contributed by atoms with Crippen molar-refractivity contribution in [2.45, 2.75) is 52.0 Å². The maximum atomic E-state index is 5.54. The number of unbranched alkanes of at least 4 members (excludes halogenated alkanes) is 4. The van der Waals surface area contributed by atoms with E-state index in [0.717, 1.165) is 26.3 Å². The van der Waals surface area contributed by atoms with Gasteiger partial charge in [0.15, 0.2) is 0 Å². The second-order valence-corrected chi connectivity index (χ2v) is 6.20. The van der Waals surface area contributed by atoms with E-state index < -0.39 is 0 Å². The first-order valence-electron chi connectivity index (χ1n) is 9.76. The molecule has 25 heavy (non-hydrogen) atoms.